The number of hydrogen-bond acceptors (Lipinski definition) is 4. The van der Waals surface area contributed by atoms with Crippen molar-refractivity contribution in [3.8, 4) is 5.75 Å². The first-order chi connectivity index (χ1) is 11.7. The summed E-state index contributed by atoms with van der Waals surface area (Å²) in [6.45, 7) is -3.36. The number of sulfonamides is 1. The number of ether oxygens (including phenoxy) is 1. The topological polar surface area (TPSA) is 83.9 Å². The van der Waals surface area contributed by atoms with E-state index in [9.17, 15) is 31.5 Å². The summed E-state index contributed by atoms with van der Waals surface area (Å²) in [6, 6.07) is 2.39. The number of alkyl halides is 2. The SMILES string of the molecule is O=C(O)[C@@]12CCC[C@H]1CN(S(=O)(=O)c1ccc(OC(F)F)c(F)c1)C2. The Balaban J connectivity index is 1.88. The quantitative estimate of drug-likeness (QED) is 0.849. The van der Waals surface area contributed by atoms with E-state index in [2.05, 4.69) is 4.74 Å². The minimum Gasteiger partial charge on any atom is -0.481 e. The van der Waals surface area contributed by atoms with E-state index in [1.165, 1.54) is 0 Å². The van der Waals surface area contributed by atoms with Crippen LogP contribution >= 0.6 is 0 Å². The van der Waals surface area contributed by atoms with E-state index in [0.717, 1.165) is 22.9 Å². The molecule has 2 atom stereocenters. The van der Waals surface area contributed by atoms with Gasteiger partial charge in [0.05, 0.1) is 10.3 Å². The second-order valence-corrected chi connectivity index (χ2v) is 8.26. The summed E-state index contributed by atoms with van der Waals surface area (Å²) in [5.74, 6) is -3.30. The first-order valence-corrected chi connectivity index (χ1v) is 9.09. The second kappa shape index (κ2) is 6.17. The van der Waals surface area contributed by atoms with Crippen molar-refractivity contribution in [2.24, 2.45) is 11.3 Å². The number of carboxylic acids is 1. The van der Waals surface area contributed by atoms with Crippen LogP contribution in [0.4, 0.5) is 13.2 Å². The second-order valence-electron chi connectivity index (χ2n) is 6.32. The third-order valence-electron chi connectivity index (χ3n) is 5.02. The lowest BCUT2D eigenvalue weighted by atomic mass is 9.81. The maximum Gasteiger partial charge on any atom is 0.387 e. The minimum atomic E-state index is -4.13. The normalized spacial score (nSPS) is 26.8. The summed E-state index contributed by atoms with van der Waals surface area (Å²) >= 11 is 0. The number of benzene rings is 1. The van der Waals surface area contributed by atoms with Gasteiger partial charge in [-0.25, -0.2) is 12.8 Å². The van der Waals surface area contributed by atoms with Crippen molar-refractivity contribution in [1.82, 2.24) is 4.31 Å². The van der Waals surface area contributed by atoms with Crippen LogP contribution in [0.25, 0.3) is 0 Å². The number of carboxylic acid groups (broad SMARTS) is 1. The maximum atomic E-state index is 13.8. The molecule has 1 aromatic rings. The van der Waals surface area contributed by atoms with Crippen molar-refractivity contribution >= 4 is 16.0 Å². The molecular weight excluding hydrogens is 363 g/mol. The molecule has 10 heteroatoms. The smallest absolute Gasteiger partial charge is 0.387 e. The first kappa shape index (κ1) is 18.0. The van der Waals surface area contributed by atoms with Crippen LogP contribution in [-0.4, -0.2) is 43.5 Å². The zero-order valence-corrected chi connectivity index (χ0v) is 13.8. The number of hydrogen-bond donors (Lipinski definition) is 1. The molecule has 6 nitrogen and oxygen atoms in total. The molecule has 2 aliphatic rings. The number of nitrogens with zero attached hydrogens (tertiary/aromatic N) is 1. The van der Waals surface area contributed by atoms with Crippen LogP contribution in [0.3, 0.4) is 0 Å². The van der Waals surface area contributed by atoms with E-state index >= 15 is 0 Å². The van der Waals surface area contributed by atoms with Crippen LogP contribution in [0, 0.1) is 17.2 Å². The average molecular weight is 379 g/mol. The molecule has 1 N–H and O–H groups in total. The molecule has 138 valence electrons. The monoisotopic (exact) mass is 379 g/mol. The predicted molar refractivity (Wildman–Crippen MR) is 79.2 cm³/mol. The molecule has 0 unspecified atom stereocenters. The largest absolute Gasteiger partial charge is 0.481 e. The standard InChI is InChI=1S/C15H16F3NO5S/c16-11-6-10(3-4-12(11)24-14(17)18)25(22,23)19-7-9-2-1-5-15(9,8-19)13(20)21/h3-4,6,9,14H,1-2,5,7-8H2,(H,20,21)/t9-,15+/m0/s1. The van der Waals surface area contributed by atoms with Crippen molar-refractivity contribution in [3.63, 3.8) is 0 Å². The first-order valence-electron chi connectivity index (χ1n) is 7.65. The molecule has 0 radical (unpaired) electrons. The highest BCUT2D eigenvalue weighted by Crippen LogP contribution is 2.50. The summed E-state index contributed by atoms with van der Waals surface area (Å²) in [5, 5.41) is 9.52. The fraction of sp³-hybridized carbons (Fsp3) is 0.533. The van der Waals surface area contributed by atoms with Gasteiger partial charge < -0.3 is 9.84 Å². The van der Waals surface area contributed by atoms with Gasteiger partial charge in [0.1, 0.15) is 0 Å². The Morgan fingerprint density at radius 1 is 1.40 bits per heavy atom. The number of carbonyl (C=O) groups is 1. The zero-order chi connectivity index (χ0) is 18.4. The summed E-state index contributed by atoms with van der Waals surface area (Å²) in [6.07, 6.45) is 1.74. The van der Waals surface area contributed by atoms with E-state index in [-0.39, 0.29) is 19.0 Å². The lowest BCUT2D eigenvalue weighted by molar-refractivity contribution is -0.149. The Morgan fingerprint density at radius 3 is 2.68 bits per heavy atom. The highest BCUT2D eigenvalue weighted by molar-refractivity contribution is 7.89. The number of rotatable bonds is 5. The van der Waals surface area contributed by atoms with Crippen LogP contribution in [0.15, 0.2) is 23.1 Å². The van der Waals surface area contributed by atoms with Gasteiger partial charge in [0.25, 0.3) is 0 Å². The van der Waals surface area contributed by atoms with E-state index < -0.39 is 44.5 Å². The molecule has 1 heterocycles. The van der Waals surface area contributed by atoms with Gasteiger partial charge in [0.2, 0.25) is 10.0 Å². The zero-order valence-electron chi connectivity index (χ0n) is 13.0. The molecule has 3 rings (SSSR count). The van der Waals surface area contributed by atoms with E-state index in [4.69, 9.17) is 0 Å². The predicted octanol–water partition coefficient (Wildman–Crippen LogP) is 2.30. The third-order valence-corrected chi connectivity index (χ3v) is 6.83. The minimum absolute atomic E-state index is 0.0472. The van der Waals surface area contributed by atoms with Crippen molar-refractivity contribution in [3.05, 3.63) is 24.0 Å². The molecule has 1 saturated heterocycles. The number of halogens is 3. The fourth-order valence-electron chi connectivity index (χ4n) is 3.76. The third kappa shape index (κ3) is 2.97. The van der Waals surface area contributed by atoms with Gasteiger partial charge in [0.15, 0.2) is 11.6 Å². The Hall–Kier alpha value is -1.81. The Bertz CT molecular complexity index is 800. The van der Waals surface area contributed by atoms with Gasteiger partial charge in [-0.3, -0.25) is 4.79 Å². The van der Waals surface area contributed by atoms with Crippen LogP contribution in [-0.2, 0) is 14.8 Å². The molecule has 0 amide bonds. The Labute approximate surface area is 142 Å². The molecule has 0 bridgehead atoms. The highest BCUT2D eigenvalue weighted by Gasteiger charge is 2.57. The van der Waals surface area contributed by atoms with Crippen molar-refractivity contribution in [1.29, 1.82) is 0 Å². The van der Waals surface area contributed by atoms with E-state index in [1.807, 2.05) is 0 Å². The van der Waals surface area contributed by atoms with Crippen molar-refractivity contribution < 1.29 is 36.2 Å². The maximum absolute atomic E-state index is 13.8. The molecule has 0 aromatic heterocycles. The van der Waals surface area contributed by atoms with Crippen LogP contribution in [0.1, 0.15) is 19.3 Å². The van der Waals surface area contributed by atoms with Crippen LogP contribution < -0.4 is 4.74 Å². The van der Waals surface area contributed by atoms with Gasteiger partial charge in [-0.05, 0) is 37.0 Å². The highest BCUT2D eigenvalue weighted by atomic mass is 32.2. The number of aliphatic carboxylic acids is 1. The van der Waals surface area contributed by atoms with Gasteiger partial charge in [-0.1, -0.05) is 6.42 Å². The van der Waals surface area contributed by atoms with Crippen molar-refractivity contribution in [2.75, 3.05) is 13.1 Å². The lowest BCUT2D eigenvalue weighted by Crippen LogP contribution is -2.37. The molecular formula is C15H16F3NO5S. The summed E-state index contributed by atoms with van der Waals surface area (Å²) in [5.41, 5.74) is -1.11. The molecule has 1 aliphatic heterocycles. The molecule has 2 fully saturated rings. The Morgan fingerprint density at radius 2 is 2.12 bits per heavy atom. The molecule has 1 aromatic carbocycles. The number of fused-ring (bicyclic) bond motifs is 1. The summed E-state index contributed by atoms with van der Waals surface area (Å²) in [4.78, 5) is 11.2. The van der Waals surface area contributed by atoms with Gasteiger partial charge in [-0.2, -0.15) is 13.1 Å². The average Bonchev–Trinajstić information content (AvgIpc) is 3.07. The molecule has 1 aliphatic carbocycles. The molecule has 1 saturated carbocycles. The van der Waals surface area contributed by atoms with Gasteiger partial charge in [0, 0.05) is 13.1 Å². The summed E-state index contributed by atoms with van der Waals surface area (Å²) in [7, 11) is -4.13. The van der Waals surface area contributed by atoms with E-state index in [1.54, 1.807) is 0 Å². The Kier molecular flexibility index (Phi) is 4.44. The van der Waals surface area contributed by atoms with Crippen molar-refractivity contribution in [2.45, 2.75) is 30.8 Å². The fourth-order valence-corrected chi connectivity index (χ4v) is 5.33. The summed E-state index contributed by atoms with van der Waals surface area (Å²) < 4.78 is 68.5. The van der Waals surface area contributed by atoms with Crippen LogP contribution in [0.5, 0.6) is 5.75 Å². The van der Waals surface area contributed by atoms with Crippen LogP contribution in [0.2, 0.25) is 0 Å². The molecule has 0 spiro atoms. The van der Waals surface area contributed by atoms with Gasteiger partial charge >= 0.3 is 12.6 Å². The van der Waals surface area contributed by atoms with Gasteiger partial charge in [-0.15, -0.1) is 0 Å². The molecule has 25 heavy (non-hydrogen) atoms. The van der Waals surface area contributed by atoms with E-state index in [0.29, 0.717) is 18.9 Å². The lowest BCUT2D eigenvalue weighted by Gasteiger charge is -2.23.